The van der Waals surface area contributed by atoms with Gasteiger partial charge < -0.3 is 9.84 Å². The second-order valence-electron chi connectivity index (χ2n) is 4.74. The minimum Gasteiger partial charge on any atom is -0.507 e. The first-order valence-electron chi connectivity index (χ1n) is 6.45. The van der Waals surface area contributed by atoms with Crippen molar-refractivity contribution in [3.05, 3.63) is 52.0 Å². The average molecular weight is 400 g/mol. The van der Waals surface area contributed by atoms with Crippen LogP contribution in [0.4, 0.5) is 5.69 Å². The Hall–Kier alpha value is -2.06. The Morgan fingerprint density at radius 3 is 2.52 bits per heavy atom. The van der Waals surface area contributed by atoms with E-state index in [1.165, 1.54) is 6.07 Å². The van der Waals surface area contributed by atoms with Crippen molar-refractivity contribution in [2.75, 3.05) is 11.8 Å². The van der Waals surface area contributed by atoms with Crippen LogP contribution in [-0.2, 0) is 14.8 Å². The lowest BCUT2D eigenvalue weighted by molar-refractivity contribution is 0.0597. The molecule has 0 radical (unpaired) electrons. The van der Waals surface area contributed by atoms with Crippen LogP contribution >= 0.6 is 15.9 Å². The predicted molar refractivity (Wildman–Crippen MR) is 89.1 cm³/mol. The Kier molecular flexibility index (Phi) is 4.96. The van der Waals surface area contributed by atoms with Gasteiger partial charge in [-0.1, -0.05) is 22.0 Å². The summed E-state index contributed by atoms with van der Waals surface area (Å²) in [6.07, 6.45) is 0. The van der Waals surface area contributed by atoms with Gasteiger partial charge >= 0.3 is 5.97 Å². The maximum Gasteiger partial charge on any atom is 0.341 e. The molecule has 0 saturated heterocycles. The van der Waals surface area contributed by atoms with Crippen molar-refractivity contribution in [1.29, 1.82) is 0 Å². The fourth-order valence-electron chi connectivity index (χ4n) is 1.83. The van der Waals surface area contributed by atoms with E-state index in [4.69, 9.17) is 0 Å². The number of carbonyl (C=O) groups is 1. The zero-order chi connectivity index (χ0) is 17.2. The van der Waals surface area contributed by atoms with E-state index in [-0.39, 0.29) is 16.2 Å². The van der Waals surface area contributed by atoms with Crippen LogP contribution in [0, 0.1) is 6.92 Å². The Bertz CT molecular complexity index is 864. The van der Waals surface area contributed by atoms with Gasteiger partial charge in [0.1, 0.15) is 11.3 Å². The molecular weight excluding hydrogens is 386 g/mol. The summed E-state index contributed by atoms with van der Waals surface area (Å²) in [5.74, 6) is -1.17. The van der Waals surface area contributed by atoms with Gasteiger partial charge in [-0.05, 0) is 42.8 Å². The molecule has 0 saturated carbocycles. The largest absolute Gasteiger partial charge is 0.507 e. The number of methoxy groups -OCH3 is 1. The summed E-state index contributed by atoms with van der Waals surface area (Å²) < 4.78 is 32.5. The molecule has 0 aliphatic rings. The number of hydrogen-bond donors (Lipinski definition) is 2. The number of benzene rings is 2. The van der Waals surface area contributed by atoms with Crippen molar-refractivity contribution >= 4 is 37.6 Å². The van der Waals surface area contributed by atoms with Gasteiger partial charge in [0.2, 0.25) is 0 Å². The van der Waals surface area contributed by atoms with Crippen LogP contribution in [-0.4, -0.2) is 26.6 Å². The molecule has 122 valence electrons. The van der Waals surface area contributed by atoms with E-state index < -0.39 is 16.0 Å². The van der Waals surface area contributed by atoms with Crippen molar-refractivity contribution in [2.45, 2.75) is 11.8 Å². The molecule has 6 nitrogen and oxygen atoms in total. The number of halogens is 1. The molecule has 0 heterocycles. The molecule has 0 bridgehead atoms. The average Bonchev–Trinajstić information content (AvgIpc) is 2.50. The molecule has 23 heavy (non-hydrogen) atoms. The van der Waals surface area contributed by atoms with Crippen molar-refractivity contribution in [3.63, 3.8) is 0 Å². The minimum absolute atomic E-state index is 0.160. The van der Waals surface area contributed by atoms with Crippen molar-refractivity contribution in [1.82, 2.24) is 0 Å². The third-order valence-corrected chi connectivity index (χ3v) is 5.34. The van der Waals surface area contributed by atoms with Gasteiger partial charge in [-0.2, -0.15) is 0 Å². The molecule has 0 aliphatic heterocycles. The maximum atomic E-state index is 12.4. The summed E-state index contributed by atoms with van der Waals surface area (Å²) in [6, 6.07) is 8.42. The lowest BCUT2D eigenvalue weighted by Gasteiger charge is -2.11. The van der Waals surface area contributed by atoms with Crippen molar-refractivity contribution < 1.29 is 23.1 Å². The number of phenols is 1. The first kappa shape index (κ1) is 17.3. The van der Waals surface area contributed by atoms with Gasteiger partial charge in [-0.3, -0.25) is 4.72 Å². The van der Waals surface area contributed by atoms with E-state index in [0.717, 1.165) is 29.3 Å². The van der Waals surface area contributed by atoms with Gasteiger partial charge in [0.15, 0.2) is 0 Å². The van der Waals surface area contributed by atoms with Crippen LogP contribution in [0.1, 0.15) is 15.9 Å². The van der Waals surface area contributed by atoms with E-state index in [1.807, 2.05) is 6.92 Å². The van der Waals surface area contributed by atoms with Crippen LogP contribution in [0.2, 0.25) is 0 Å². The van der Waals surface area contributed by atoms with Crippen LogP contribution in [0.25, 0.3) is 0 Å². The predicted octanol–water partition coefficient (Wildman–Crippen LogP) is 3.05. The molecule has 2 N–H and O–H groups in total. The Labute approximate surface area is 142 Å². The molecule has 2 aromatic carbocycles. The van der Waals surface area contributed by atoms with Crippen LogP contribution in [0.5, 0.6) is 5.75 Å². The molecule has 0 aromatic heterocycles. The monoisotopic (exact) mass is 399 g/mol. The third kappa shape index (κ3) is 3.83. The standard InChI is InChI=1S/C15H14BrNO5S/c1-9-3-4-10(7-13(9)16)17-23(20,21)11-5-6-14(18)12(8-11)15(19)22-2/h3-8,17-18H,1-2H3. The number of esters is 1. The highest BCUT2D eigenvalue weighted by atomic mass is 79.9. The highest BCUT2D eigenvalue weighted by Crippen LogP contribution is 2.26. The fraction of sp³-hybridized carbons (Fsp3) is 0.133. The summed E-state index contributed by atoms with van der Waals surface area (Å²) in [6.45, 7) is 1.88. The van der Waals surface area contributed by atoms with E-state index in [0.29, 0.717) is 5.69 Å². The third-order valence-electron chi connectivity index (χ3n) is 3.11. The molecule has 0 atom stereocenters. The van der Waals surface area contributed by atoms with Crippen LogP contribution in [0.15, 0.2) is 45.8 Å². The molecule has 0 amide bonds. The van der Waals surface area contributed by atoms with Crippen molar-refractivity contribution in [2.24, 2.45) is 0 Å². The SMILES string of the molecule is COC(=O)c1cc(S(=O)(=O)Nc2ccc(C)c(Br)c2)ccc1O. The fourth-order valence-corrected chi connectivity index (χ4v) is 3.28. The lowest BCUT2D eigenvalue weighted by atomic mass is 10.2. The summed E-state index contributed by atoms with van der Waals surface area (Å²) in [4.78, 5) is 11.4. The van der Waals surface area contributed by atoms with Crippen molar-refractivity contribution in [3.8, 4) is 5.75 Å². The lowest BCUT2D eigenvalue weighted by Crippen LogP contribution is -2.14. The molecule has 2 aromatic rings. The molecule has 2 rings (SSSR count). The summed E-state index contributed by atoms with van der Waals surface area (Å²) in [5.41, 5.74) is 1.11. The number of aryl methyl sites for hydroxylation is 1. The minimum atomic E-state index is -3.91. The van der Waals surface area contributed by atoms with E-state index >= 15 is 0 Å². The number of hydrogen-bond acceptors (Lipinski definition) is 5. The van der Waals surface area contributed by atoms with Gasteiger partial charge in [-0.25, -0.2) is 13.2 Å². The molecule has 0 unspecified atom stereocenters. The molecular formula is C15H14BrNO5S. The number of nitrogens with one attached hydrogen (secondary N) is 1. The van der Waals surface area contributed by atoms with E-state index in [1.54, 1.807) is 18.2 Å². The van der Waals surface area contributed by atoms with Gasteiger partial charge in [0, 0.05) is 10.2 Å². The molecule has 0 fully saturated rings. The van der Waals surface area contributed by atoms with Crippen LogP contribution < -0.4 is 4.72 Å². The zero-order valence-corrected chi connectivity index (χ0v) is 14.7. The van der Waals surface area contributed by atoms with E-state index in [2.05, 4.69) is 25.4 Å². The number of aromatic hydroxyl groups is 1. The van der Waals surface area contributed by atoms with Gasteiger partial charge in [0.25, 0.3) is 10.0 Å². The van der Waals surface area contributed by atoms with Gasteiger partial charge in [0.05, 0.1) is 12.0 Å². The number of sulfonamides is 1. The molecule has 0 spiro atoms. The maximum absolute atomic E-state index is 12.4. The summed E-state index contributed by atoms with van der Waals surface area (Å²) in [5, 5.41) is 9.64. The summed E-state index contributed by atoms with van der Waals surface area (Å²) in [7, 11) is -2.77. The second kappa shape index (κ2) is 6.59. The molecule has 8 heteroatoms. The number of rotatable bonds is 4. The number of anilines is 1. The molecule has 0 aliphatic carbocycles. The number of ether oxygens (including phenoxy) is 1. The highest BCUT2D eigenvalue weighted by Gasteiger charge is 2.20. The highest BCUT2D eigenvalue weighted by molar-refractivity contribution is 9.10. The van der Waals surface area contributed by atoms with E-state index in [9.17, 15) is 18.3 Å². The zero-order valence-electron chi connectivity index (χ0n) is 12.3. The number of carbonyl (C=O) groups excluding carboxylic acids is 1. The smallest absolute Gasteiger partial charge is 0.341 e. The topological polar surface area (TPSA) is 92.7 Å². The van der Waals surface area contributed by atoms with Crippen LogP contribution in [0.3, 0.4) is 0 Å². The Balaban J connectivity index is 2.39. The number of phenolic OH excluding ortho intramolecular Hbond substituents is 1. The summed E-state index contributed by atoms with van der Waals surface area (Å²) >= 11 is 3.33. The Morgan fingerprint density at radius 2 is 1.91 bits per heavy atom. The Morgan fingerprint density at radius 1 is 1.22 bits per heavy atom. The normalized spacial score (nSPS) is 11.1. The first-order valence-corrected chi connectivity index (χ1v) is 8.72. The van der Waals surface area contributed by atoms with Gasteiger partial charge in [-0.15, -0.1) is 0 Å². The quantitative estimate of drug-likeness (QED) is 0.770. The first-order chi connectivity index (χ1) is 10.7. The second-order valence-corrected chi connectivity index (χ2v) is 7.28.